The molecule has 0 heterocycles. The summed E-state index contributed by atoms with van der Waals surface area (Å²) in [5.74, 6) is 0. The molecular formula is C14H9F6N. The minimum absolute atomic E-state index is 0.0373. The Morgan fingerprint density at radius 2 is 1.19 bits per heavy atom. The Labute approximate surface area is 116 Å². The van der Waals surface area contributed by atoms with E-state index in [1.165, 1.54) is 24.3 Å². The molecule has 1 nitrogen and oxygen atoms in total. The summed E-state index contributed by atoms with van der Waals surface area (Å²) in [7, 11) is 0. The van der Waals surface area contributed by atoms with Crippen molar-refractivity contribution in [1.29, 1.82) is 0 Å². The van der Waals surface area contributed by atoms with Crippen LogP contribution < -0.4 is 5.73 Å². The zero-order valence-corrected chi connectivity index (χ0v) is 10.4. The quantitative estimate of drug-likeness (QED) is 0.584. The van der Waals surface area contributed by atoms with Gasteiger partial charge in [-0.3, -0.25) is 0 Å². The van der Waals surface area contributed by atoms with Gasteiger partial charge in [-0.15, -0.1) is 0 Å². The number of hydrogen-bond acceptors (Lipinski definition) is 1. The van der Waals surface area contributed by atoms with Gasteiger partial charge in [-0.2, -0.15) is 26.3 Å². The van der Waals surface area contributed by atoms with Crippen molar-refractivity contribution in [3.8, 4) is 11.1 Å². The van der Waals surface area contributed by atoms with Crippen LogP contribution in [0.4, 0.5) is 32.0 Å². The zero-order chi connectivity index (χ0) is 15.8. The smallest absolute Gasteiger partial charge is 0.398 e. The highest BCUT2D eigenvalue weighted by atomic mass is 19.4. The molecule has 0 aliphatic heterocycles. The molecule has 2 aromatic rings. The number of nitrogen functional groups attached to an aromatic ring is 1. The number of anilines is 1. The van der Waals surface area contributed by atoms with E-state index in [0.29, 0.717) is 0 Å². The van der Waals surface area contributed by atoms with Gasteiger partial charge in [0.2, 0.25) is 0 Å². The third-order valence-corrected chi connectivity index (χ3v) is 2.89. The molecule has 0 amide bonds. The van der Waals surface area contributed by atoms with E-state index in [1.54, 1.807) is 6.07 Å². The molecular weight excluding hydrogens is 296 g/mol. The Morgan fingerprint density at radius 1 is 0.667 bits per heavy atom. The van der Waals surface area contributed by atoms with Crippen LogP contribution in [0.5, 0.6) is 0 Å². The highest BCUT2D eigenvalue weighted by Gasteiger charge is 2.46. The van der Waals surface area contributed by atoms with Crippen LogP contribution in [-0.4, -0.2) is 0 Å². The van der Waals surface area contributed by atoms with Crippen LogP contribution in [-0.2, 0) is 12.4 Å². The molecule has 0 bridgehead atoms. The van der Waals surface area contributed by atoms with Gasteiger partial charge in [-0.05, 0) is 17.2 Å². The molecule has 0 fully saturated rings. The Bertz CT molecular complexity index is 643. The van der Waals surface area contributed by atoms with E-state index in [1.807, 2.05) is 0 Å². The summed E-state index contributed by atoms with van der Waals surface area (Å²) in [4.78, 5) is 0. The van der Waals surface area contributed by atoms with Crippen molar-refractivity contribution in [2.75, 3.05) is 5.73 Å². The van der Waals surface area contributed by atoms with E-state index in [4.69, 9.17) is 5.73 Å². The van der Waals surface area contributed by atoms with E-state index < -0.39 is 34.7 Å². The normalized spacial score (nSPS) is 12.5. The lowest BCUT2D eigenvalue weighted by Gasteiger charge is -2.21. The van der Waals surface area contributed by atoms with Crippen LogP contribution in [0.15, 0.2) is 42.5 Å². The summed E-state index contributed by atoms with van der Waals surface area (Å²) in [6.45, 7) is 0. The number of rotatable bonds is 1. The van der Waals surface area contributed by atoms with E-state index in [2.05, 4.69) is 0 Å². The first-order valence-corrected chi connectivity index (χ1v) is 5.74. The lowest BCUT2D eigenvalue weighted by molar-refractivity contribution is -0.161. The van der Waals surface area contributed by atoms with Gasteiger partial charge in [0.1, 0.15) is 0 Å². The van der Waals surface area contributed by atoms with Gasteiger partial charge in [0.25, 0.3) is 0 Å². The van der Waals surface area contributed by atoms with Gasteiger partial charge in [0.15, 0.2) is 0 Å². The third kappa shape index (κ3) is 2.96. The molecule has 2 N–H and O–H groups in total. The fourth-order valence-electron chi connectivity index (χ4n) is 2.08. The van der Waals surface area contributed by atoms with E-state index >= 15 is 0 Å². The van der Waals surface area contributed by atoms with Gasteiger partial charge >= 0.3 is 12.4 Å². The van der Waals surface area contributed by atoms with Crippen molar-refractivity contribution >= 4 is 5.69 Å². The minimum Gasteiger partial charge on any atom is -0.398 e. The van der Waals surface area contributed by atoms with Gasteiger partial charge in [-0.25, -0.2) is 0 Å². The predicted octanol–water partition coefficient (Wildman–Crippen LogP) is 4.97. The van der Waals surface area contributed by atoms with E-state index in [9.17, 15) is 26.3 Å². The van der Waals surface area contributed by atoms with Gasteiger partial charge in [-0.1, -0.05) is 36.4 Å². The monoisotopic (exact) mass is 305 g/mol. The third-order valence-electron chi connectivity index (χ3n) is 2.89. The topological polar surface area (TPSA) is 26.0 Å². The minimum atomic E-state index is -5.19. The van der Waals surface area contributed by atoms with Crippen LogP contribution in [0.25, 0.3) is 11.1 Å². The summed E-state index contributed by atoms with van der Waals surface area (Å²) in [5.41, 5.74) is 0.0543. The molecule has 0 saturated carbocycles. The van der Waals surface area contributed by atoms with Gasteiger partial charge in [0, 0.05) is 5.69 Å². The number of hydrogen-bond donors (Lipinski definition) is 1. The summed E-state index contributed by atoms with van der Waals surface area (Å²) >= 11 is 0. The molecule has 2 rings (SSSR count). The first-order chi connectivity index (χ1) is 9.62. The van der Waals surface area contributed by atoms with E-state index in [0.717, 1.165) is 12.1 Å². The molecule has 2 aromatic carbocycles. The van der Waals surface area contributed by atoms with Crippen LogP contribution >= 0.6 is 0 Å². The number of nitrogens with two attached hydrogens (primary N) is 1. The fraction of sp³-hybridized carbons (Fsp3) is 0.143. The van der Waals surface area contributed by atoms with Gasteiger partial charge < -0.3 is 5.73 Å². The lowest BCUT2D eigenvalue weighted by Crippen LogP contribution is -2.20. The Hall–Kier alpha value is -2.18. The van der Waals surface area contributed by atoms with Crippen LogP contribution in [0.2, 0.25) is 0 Å². The maximum atomic E-state index is 13.1. The SMILES string of the molecule is Nc1ccc(-c2ccccc2)c(C(F)(F)F)c1C(F)(F)F. The molecule has 0 aromatic heterocycles. The van der Waals surface area contributed by atoms with Crippen molar-refractivity contribution in [3.63, 3.8) is 0 Å². The Kier molecular flexibility index (Phi) is 3.61. The first-order valence-electron chi connectivity index (χ1n) is 5.74. The summed E-state index contributed by atoms with van der Waals surface area (Å²) in [5, 5.41) is 0. The maximum Gasteiger partial charge on any atom is 0.419 e. The molecule has 0 radical (unpaired) electrons. The molecule has 112 valence electrons. The van der Waals surface area contributed by atoms with Crippen molar-refractivity contribution in [3.05, 3.63) is 53.6 Å². The van der Waals surface area contributed by atoms with Crippen LogP contribution in [0, 0.1) is 0 Å². The predicted molar refractivity (Wildman–Crippen MR) is 66.3 cm³/mol. The summed E-state index contributed by atoms with van der Waals surface area (Å²) in [6, 6.07) is 8.84. The average Bonchev–Trinajstić information content (AvgIpc) is 2.37. The second-order valence-electron chi connectivity index (χ2n) is 4.31. The highest BCUT2D eigenvalue weighted by molar-refractivity contribution is 5.74. The molecule has 0 saturated heterocycles. The molecule has 0 aliphatic rings. The molecule has 7 heteroatoms. The largest absolute Gasteiger partial charge is 0.419 e. The number of halogens is 6. The average molecular weight is 305 g/mol. The van der Waals surface area contributed by atoms with Gasteiger partial charge in [0.05, 0.1) is 11.1 Å². The highest BCUT2D eigenvalue weighted by Crippen LogP contribution is 2.47. The Balaban J connectivity index is 2.85. The van der Waals surface area contributed by atoms with Crippen LogP contribution in [0.1, 0.15) is 11.1 Å². The first kappa shape index (κ1) is 15.2. The molecule has 0 aliphatic carbocycles. The van der Waals surface area contributed by atoms with Crippen molar-refractivity contribution < 1.29 is 26.3 Å². The number of alkyl halides is 6. The summed E-state index contributed by atoms with van der Waals surface area (Å²) < 4.78 is 78.3. The van der Waals surface area contributed by atoms with Crippen LogP contribution in [0.3, 0.4) is 0 Å². The summed E-state index contributed by atoms with van der Waals surface area (Å²) in [6.07, 6.45) is -10.4. The van der Waals surface area contributed by atoms with Crippen molar-refractivity contribution in [1.82, 2.24) is 0 Å². The molecule has 21 heavy (non-hydrogen) atoms. The second-order valence-corrected chi connectivity index (χ2v) is 4.31. The zero-order valence-electron chi connectivity index (χ0n) is 10.4. The van der Waals surface area contributed by atoms with Crippen molar-refractivity contribution in [2.45, 2.75) is 12.4 Å². The Morgan fingerprint density at radius 3 is 1.67 bits per heavy atom. The molecule has 0 spiro atoms. The standard InChI is InChI=1S/C14H9F6N/c15-13(16,17)11-9(8-4-2-1-3-5-8)6-7-10(21)12(11)14(18,19)20/h1-7H,21H2. The second kappa shape index (κ2) is 4.98. The maximum absolute atomic E-state index is 13.1. The molecule has 0 unspecified atom stereocenters. The fourth-order valence-corrected chi connectivity index (χ4v) is 2.08. The lowest BCUT2D eigenvalue weighted by atomic mass is 9.93. The molecule has 0 atom stereocenters. The van der Waals surface area contributed by atoms with E-state index in [-0.39, 0.29) is 5.56 Å². The number of benzene rings is 2. The van der Waals surface area contributed by atoms with Crippen molar-refractivity contribution in [2.24, 2.45) is 0 Å².